The Morgan fingerprint density at radius 1 is 1.00 bits per heavy atom. The van der Waals surface area contributed by atoms with E-state index in [1.807, 2.05) is 4.90 Å². The predicted molar refractivity (Wildman–Crippen MR) is 126 cm³/mol. The Balaban J connectivity index is 1.33. The average molecular weight is 490 g/mol. The molecule has 0 atom stereocenters. The second-order valence-corrected chi connectivity index (χ2v) is 10.7. The molecule has 34 heavy (non-hydrogen) atoms. The first kappa shape index (κ1) is 24.4. The molecule has 2 aromatic rings. The van der Waals surface area contributed by atoms with Crippen LogP contribution in [0.5, 0.6) is 0 Å². The number of hydrogen-bond donors (Lipinski definition) is 1. The van der Waals surface area contributed by atoms with Crippen molar-refractivity contribution in [2.45, 2.75) is 37.5 Å². The maximum atomic E-state index is 13.1. The summed E-state index contributed by atoms with van der Waals surface area (Å²) in [6.45, 7) is 4.98. The number of piperazine rings is 1. The van der Waals surface area contributed by atoms with Crippen LogP contribution in [0.2, 0.25) is 0 Å². The van der Waals surface area contributed by atoms with Crippen LogP contribution >= 0.6 is 0 Å². The third-order valence-electron chi connectivity index (χ3n) is 6.21. The van der Waals surface area contributed by atoms with E-state index >= 15 is 0 Å². The van der Waals surface area contributed by atoms with Gasteiger partial charge >= 0.3 is 0 Å². The summed E-state index contributed by atoms with van der Waals surface area (Å²) in [7, 11) is -3.62. The van der Waals surface area contributed by atoms with E-state index in [1.54, 1.807) is 36.1 Å². The molecule has 3 heterocycles. The fourth-order valence-corrected chi connectivity index (χ4v) is 5.89. The Morgan fingerprint density at radius 3 is 2.35 bits per heavy atom. The van der Waals surface area contributed by atoms with Crippen LogP contribution < -0.4 is 5.32 Å². The lowest BCUT2D eigenvalue weighted by molar-refractivity contribution is -0.117. The maximum absolute atomic E-state index is 13.1. The number of sulfonamides is 1. The van der Waals surface area contributed by atoms with Crippen molar-refractivity contribution in [2.75, 3.05) is 51.1 Å². The molecule has 11 heteroatoms. The molecule has 1 aromatic heterocycles. The second-order valence-electron chi connectivity index (χ2n) is 8.79. The van der Waals surface area contributed by atoms with E-state index in [9.17, 15) is 18.0 Å². The summed E-state index contributed by atoms with van der Waals surface area (Å²) >= 11 is 0. The fourth-order valence-electron chi connectivity index (χ4n) is 4.32. The molecule has 0 bridgehead atoms. The predicted octanol–water partition coefficient (Wildman–Crippen LogP) is 1.94. The minimum Gasteiger partial charge on any atom is -0.360 e. The van der Waals surface area contributed by atoms with Crippen LogP contribution in [0.15, 0.2) is 39.8 Å². The van der Waals surface area contributed by atoms with Crippen molar-refractivity contribution in [3.63, 3.8) is 0 Å². The third-order valence-corrected chi connectivity index (χ3v) is 8.10. The van der Waals surface area contributed by atoms with Gasteiger partial charge in [-0.05, 0) is 38.0 Å². The summed E-state index contributed by atoms with van der Waals surface area (Å²) in [5.74, 6) is 0.603. The van der Waals surface area contributed by atoms with Crippen LogP contribution in [0.25, 0.3) is 0 Å². The van der Waals surface area contributed by atoms with E-state index in [0.29, 0.717) is 56.4 Å². The number of carbonyl (C=O) groups is 2. The molecular formula is C23H31N5O5S. The molecule has 0 spiro atoms. The fraction of sp³-hybridized carbons (Fsp3) is 0.522. The molecule has 1 aromatic carbocycles. The minimum atomic E-state index is -3.62. The Morgan fingerprint density at radius 2 is 1.71 bits per heavy atom. The van der Waals surface area contributed by atoms with Gasteiger partial charge in [0.05, 0.1) is 11.4 Å². The van der Waals surface area contributed by atoms with Crippen molar-refractivity contribution in [3.05, 3.63) is 41.7 Å². The minimum absolute atomic E-state index is 0.165. The van der Waals surface area contributed by atoms with Gasteiger partial charge in [-0.2, -0.15) is 4.31 Å². The van der Waals surface area contributed by atoms with Gasteiger partial charge in [0.25, 0.3) is 5.91 Å². The second kappa shape index (κ2) is 10.7. The number of amides is 2. The highest BCUT2D eigenvalue weighted by Gasteiger charge is 2.28. The highest BCUT2D eigenvalue weighted by molar-refractivity contribution is 7.89. The molecule has 4 rings (SSSR count). The first-order valence-corrected chi connectivity index (χ1v) is 13.1. The van der Waals surface area contributed by atoms with E-state index in [-0.39, 0.29) is 23.3 Å². The number of rotatable bonds is 6. The van der Waals surface area contributed by atoms with E-state index in [4.69, 9.17) is 4.52 Å². The lowest BCUT2D eigenvalue weighted by Gasteiger charge is -2.34. The number of carbonyl (C=O) groups excluding carboxylic acids is 2. The van der Waals surface area contributed by atoms with Gasteiger partial charge in [0, 0.05) is 50.9 Å². The zero-order valence-electron chi connectivity index (χ0n) is 19.4. The van der Waals surface area contributed by atoms with Gasteiger partial charge in [-0.15, -0.1) is 0 Å². The van der Waals surface area contributed by atoms with Crippen molar-refractivity contribution in [1.29, 1.82) is 0 Å². The van der Waals surface area contributed by atoms with Crippen molar-refractivity contribution < 1.29 is 22.5 Å². The van der Waals surface area contributed by atoms with Crippen LogP contribution in [-0.2, 0) is 14.8 Å². The molecule has 184 valence electrons. The number of nitrogens with zero attached hydrogens (tertiary/aromatic N) is 4. The monoisotopic (exact) mass is 489 g/mol. The smallest absolute Gasteiger partial charge is 0.253 e. The van der Waals surface area contributed by atoms with Gasteiger partial charge in [-0.25, -0.2) is 8.42 Å². The zero-order valence-corrected chi connectivity index (χ0v) is 20.2. The summed E-state index contributed by atoms with van der Waals surface area (Å²) < 4.78 is 32.7. The first-order valence-electron chi connectivity index (χ1n) is 11.7. The normalized spacial score (nSPS) is 18.4. The summed E-state index contributed by atoms with van der Waals surface area (Å²) in [6.07, 6.45) is 3.80. The van der Waals surface area contributed by atoms with Gasteiger partial charge in [0.15, 0.2) is 5.82 Å². The quantitative estimate of drug-likeness (QED) is 0.659. The molecule has 0 radical (unpaired) electrons. The van der Waals surface area contributed by atoms with E-state index < -0.39 is 10.0 Å². The third kappa shape index (κ3) is 5.83. The molecule has 10 nitrogen and oxygen atoms in total. The largest absolute Gasteiger partial charge is 0.360 e. The van der Waals surface area contributed by atoms with Gasteiger partial charge in [-0.1, -0.05) is 24.1 Å². The van der Waals surface area contributed by atoms with Gasteiger partial charge in [0.1, 0.15) is 5.76 Å². The number of anilines is 1. The van der Waals surface area contributed by atoms with Crippen LogP contribution in [-0.4, -0.2) is 85.3 Å². The highest BCUT2D eigenvalue weighted by atomic mass is 32.2. The summed E-state index contributed by atoms with van der Waals surface area (Å²) in [6, 6.07) is 7.98. The van der Waals surface area contributed by atoms with Crippen molar-refractivity contribution in [2.24, 2.45) is 0 Å². The lowest BCUT2D eigenvalue weighted by Crippen LogP contribution is -2.50. The average Bonchev–Trinajstić information content (AvgIpc) is 3.06. The van der Waals surface area contributed by atoms with Crippen LogP contribution in [0.4, 0.5) is 5.82 Å². The van der Waals surface area contributed by atoms with Crippen LogP contribution in [0.1, 0.15) is 41.8 Å². The van der Waals surface area contributed by atoms with E-state index in [2.05, 4.69) is 10.5 Å². The standard InChI is InChI=1S/C23H31N5O5S/c1-18-15-21(25-33-18)24-22(29)17-26-11-13-27(14-12-26)23(30)19-7-6-8-20(16-19)34(31,32)28-9-4-2-3-5-10-28/h6-8,15-16H,2-5,9-14,17H2,1H3,(H,24,25,29). The van der Waals surface area contributed by atoms with Gasteiger partial charge in [-0.3, -0.25) is 14.5 Å². The molecule has 2 amide bonds. The summed E-state index contributed by atoms with van der Waals surface area (Å²) in [4.78, 5) is 29.1. The number of hydrogen-bond acceptors (Lipinski definition) is 7. The molecule has 2 aliphatic heterocycles. The Hall–Kier alpha value is -2.76. The van der Waals surface area contributed by atoms with Crippen LogP contribution in [0, 0.1) is 6.92 Å². The SMILES string of the molecule is Cc1cc(NC(=O)CN2CCN(C(=O)c3cccc(S(=O)(=O)N4CCCCCC4)c3)CC2)no1. The Kier molecular flexibility index (Phi) is 7.64. The zero-order chi connectivity index (χ0) is 24.1. The highest BCUT2D eigenvalue weighted by Crippen LogP contribution is 2.22. The topological polar surface area (TPSA) is 116 Å². The molecule has 1 N–H and O–H groups in total. The molecule has 0 unspecified atom stereocenters. The Bertz CT molecular complexity index is 1120. The van der Waals surface area contributed by atoms with E-state index in [0.717, 1.165) is 25.7 Å². The molecular weight excluding hydrogens is 458 g/mol. The van der Waals surface area contributed by atoms with E-state index in [1.165, 1.54) is 10.4 Å². The maximum Gasteiger partial charge on any atom is 0.253 e. The number of aromatic nitrogens is 1. The molecule has 2 saturated heterocycles. The van der Waals surface area contributed by atoms with Gasteiger partial charge < -0.3 is 14.7 Å². The van der Waals surface area contributed by atoms with Crippen molar-refractivity contribution in [1.82, 2.24) is 19.3 Å². The molecule has 0 saturated carbocycles. The molecule has 0 aliphatic carbocycles. The van der Waals surface area contributed by atoms with Crippen molar-refractivity contribution >= 4 is 27.7 Å². The summed E-state index contributed by atoms with van der Waals surface area (Å²) in [5.41, 5.74) is 0.364. The Labute approximate surface area is 199 Å². The molecule has 2 aliphatic rings. The lowest BCUT2D eigenvalue weighted by atomic mass is 10.2. The van der Waals surface area contributed by atoms with Crippen molar-refractivity contribution in [3.8, 4) is 0 Å². The summed E-state index contributed by atoms with van der Waals surface area (Å²) in [5, 5.41) is 6.45. The number of benzene rings is 1. The number of nitrogens with one attached hydrogen (secondary N) is 1. The molecule has 2 fully saturated rings. The number of aryl methyl sites for hydroxylation is 1. The van der Waals surface area contributed by atoms with Crippen LogP contribution in [0.3, 0.4) is 0 Å². The first-order chi connectivity index (χ1) is 16.3. The van der Waals surface area contributed by atoms with Gasteiger partial charge in [0.2, 0.25) is 15.9 Å².